The lowest BCUT2D eigenvalue weighted by molar-refractivity contribution is -0.143. The maximum absolute atomic E-state index is 13.3. The minimum Gasteiger partial charge on any atom is -0.484 e. The van der Waals surface area contributed by atoms with Crippen LogP contribution in [0.4, 0.5) is 0 Å². The van der Waals surface area contributed by atoms with Crippen molar-refractivity contribution in [3.8, 4) is 5.75 Å². The molecule has 0 saturated carbocycles. The SMILES string of the molecule is CC[C@H](C(=O)NCC(C)C)N(Cc1ccc(C)cc1)C(=O)COc1cc(C)c(Cl)c(C)c1. The van der Waals surface area contributed by atoms with E-state index in [0.29, 0.717) is 36.2 Å². The largest absolute Gasteiger partial charge is 0.484 e. The summed E-state index contributed by atoms with van der Waals surface area (Å²) in [7, 11) is 0. The van der Waals surface area contributed by atoms with Crippen molar-refractivity contribution in [2.24, 2.45) is 5.92 Å². The first-order valence-electron chi connectivity index (χ1n) is 11.1. The summed E-state index contributed by atoms with van der Waals surface area (Å²) in [6.07, 6.45) is 0.515. The number of carbonyl (C=O) groups excluding carboxylic acids is 2. The van der Waals surface area contributed by atoms with Gasteiger partial charge >= 0.3 is 0 Å². The number of benzene rings is 2. The molecule has 0 heterocycles. The molecular weight excluding hydrogens is 424 g/mol. The van der Waals surface area contributed by atoms with Crippen LogP contribution < -0.4 is 10.1 Å². The molecule has 0 fully saturated rings. The average molecular weight is 459 g/mol. The third-order valence-electron chi connectivity index (χ3n) is 5.32. The van der Waals surface area contributed by atoms with E-state index in [1.165, 1.54) is 0 Å². The topological polar surface area (TPSA) is 58.6 Å². The van der Waals surface area contributed by atoms with Gasteiger partial charge in [0.15, 0.2) is 6.61 Å². The molecule has 0 unspecified atom stereocenters. The molecule has 0 bridgehead atoms. The molecule has 174 valence electrons. The maximum Gasteiger partial charge on any atom is 0.261 e. The van der Waals surface area contributed by atoms with Gasteiger partial charge in [-0.2, -0.15) is 0 Å². The molecule has 2 aromatic rings. The number of ether oxygens (including phenoxy) is 1. The number of aryl methyl sites for hydroxylation is 3. The van der Waals surface area contributed by atoms with Gasteiger partial charge in [0.2, 0.25) is 5.91 Å². The molecule has 0 aromatic heterocycles. The molecule has 0 aliphatic rings. The first-order chi connectivity index (χ1) is 15.1. The summed E-state index contributed by atoms with van der Waals surface area (Å²) in [4.78, 5) is 27.8. The molecule has 6 heteroatoms. The fourth-order valence-electron chi connectivity index (χ4n) is 3.45. The van der Waals surface area contributed by atoms with Crippen molar-refractivity contribution in [3.05, 3.63) is 63.7 Å². The van der Waals surface area contributed by atoms with Crippen LogP contribution in [0.5, 0.6) is 5.75 Å². The van der Waals surface area contributed by atoms with Gasteiger partial charge in [-0.3, -0.25) is 9.59 Å². The lowest BCUT2D eigenvalue weighted by atomic mass is 10.1. The van der Waals surface area contributed by atoms with Crippen LogP contribution >= 0.6 is 11.6 Å². The van der Waals surface area contributed by atoms with E-state index in [-0.39, 0.29) is 18.4 Å². The summed E-state index contributed by atoms with van der Waals surface area (Å²) in [5.41, 5.74) is 3.90. The second-order valence-electron chi connectivity index (χ2n) is 8.73. The van der Waals surface area contributed by atoms with Gasteiger partial charge in [0.1, 0.15) is 11.8 Å². The van der Waals surface area contributed by atoms with Crippen molar-refractivity contribution in [3.63, 3.8) is 0 Å². The van der Waals surface area contributed by atoms with Crippen LogP contribution in [0.3, 0.4) is 0 Å². The Labute approximate surface area is 197 Å². The van der Waals surface area contributed by atoms with Gasteiger partial charge in [0.05, 0.1) is 0 Å². The molecule has 2 rings (SSSR count). The highest BCUT2D eigenvalue weighted by molar-refractivity contribution is 6.32. The lowest BCUT2D eigenvalue weighted by Gasteiger charge is -2.31. The molecule has 0 saturated heterocycles. The van der Waals surface area contributed by atoms with Crippen molar-refractivity contribution in [1.82, 2.24) is 10.2 Å². The quantitative estimate of drug-likeness (QED) is 0.530. The van der Waals surface area contributed by atoms with Gasteiger partial charge in [-0.15, -0.1) is 0 Å². The van der Waals surface area contributed by atoms with Crippen LogP contribution in [0, 0.1) is 26.7 Å². The molecule has 2 amide bonds. The number of hydrogen-bond donors (Lipinski definition) is 1. The van der Waals surface area contributed by atoms with E-state index in [0.717, 1.165) is 22.3 Å². The Bertz CT molecular complexity index is 902. The normalized spacial score (nSPS) is 11.9. The Balaban J connectivity index is 2.22. The van der Waals surface area contributed by atoms with Crippen molar-refractivity contribution in [2.75, 3.05) is 13.2 Å². The van der Waals surface area contributed by atoms with E-state index in [1.54, 1.807) is 4.90 Å². The summed E-state index contributed by atoms with van der Waals surface area (Å²) in [5, 5.41) is 3.66. The average Bonchev–Trinajstić information content (AvgIpc) is 2.75. The standard InChI is InChI=1S/C26H35ClN2O3/c1-7-23(26(31)28-14-17(2)3)29(15-21-10-8-18(4)9-11-21)24(30)16-32-22-12-19(5)25(27)20(6)13-22/h8-13,17,23H,7,14-16H2,1-6H3,(H,28,31)/t23-/m1/s1. The zero-order valence-electron chi connectivity index (χ0n) is 20.0. The number of halogens is 1. The Morgan fingerprint density at radius 2 is 1.66 bits per heavy atom. The molecule has 0 spiro atoms. The van der Waals surface area contributed by atoms with Gasteiger partial charge < -0.3 is 15.0 Å². The Hall–Kier alpha value is -2.53. The number of rotatable bonds is 10. The Morgan fingerprint density at radius 1 is 1.06 bits per heavy atom. The third-order valence-corrected chi connectivity index (χ3v) is 5.91. The predicted molar refractivity (Wildman–Crippen MR) is 130 cm³/mol. The second-order valence-corrected chi connectivity index (χ2v) is 9.11. The van der Waals surface area contributed by atoms with Crippen LogP contribution in [0.1, 0.15) is 49.4 Å². The highest BCUT2D eigenvalue weighted by Crippen LogP contribution is 2.26. The monoisotopic (exact) mass is 458 g/mol. The first kappa shape index (κ1) is 25.7. The number of nitrogens with one attached hydrogen (secondary N) is 1. The molecule has 1 N–H and O–H groups in total. The zero-order chi connectivity index (χ0) is 23.8. The van der Waals surface area contributed by atoms with Crippen molar-refractivity contribution < 1.29 is 14.3 Å². The van der Waals surface area contributed by atoms with Gasteiger partial charge in [0.25, 0.3) is 5.91 Å². The smallest absolute Gasteiger partial charge is 0.261 e. The van der Waals surface area contributed by atoms with E-state index in [9.17, 15) is 9.59 Å². The molecular formula is C26H35ClN2O3. The minimum atomic E-state index is -0.570. The molecule has 0 aliphatic heterocycles. The predicted octanol–water partition coefficient (Wildman–Crippen LogP) is 5.22. The summed E-state index contributed by atoms with van der Waals surface area (Å²) in [6.45, 7) is 12.6. The number of amides is 2. The van der Waals surface area contributed by atoms with Crippen molar-refractivity contribution >= 4 is 23.4 Å². The van der Waals surface area contributed by atoms with Crippen molar-refractivity contribution in [1.29, 1.82) is 0 Å². The van der Waals surface area contributed by atoms with E-state index >= 15 is 0 Å². The zero-order valence-corrected chi connectivity index (χ0v) is 20.8. The van der Waals surface area contributed by atoms with Gasteiger partial charge in [-0.05, 0) is 61.9 Å². The van der Waals surface area contributed by atoms with E-state index in [2.05, 4.69) is 5.32 Å². The second kappa shape index (κ2) is 11.9. The third kappa shape index (κ3) is 7.27. The molecule has 32 heavy (non-hydrogen) atoms. The summed E-state index contributed by atoms with van der Waals surface area (Å²) < 4.78 is 5.81. The van der Waals surface area contributed by atoms with Crippen LogP contribution in [-0.4, -0.2) is 35.9 Å². The van der Waals surface area contributed by atoms with Crippen LogP contribution in [0.2, 0.25) is 5.02 Å². The lowest BCUT2D eigenvalue weighted by Crippen LogP contribution is -2.50. The summed E-state index contributed by atoms with van der Waals surface area (Å²) in [5.74, 6) is 0.546. The fourth-order valence-corrected chi connectivity index (χ4v) is 3.56. The molecule has 5 nitrogen and oxygen atoms in total. The van der Waals surface area contributed by atoms with E-state index in [4.69, 9.17) is 16.3 Å². The molecule has 0 radical (unpaired) electrons. The Morgan fingerprint density at radius 3 is 2.19 bits per heavy atom. The van der Waals surface area contributed by atoms with Crippen LogP contribution in [-0.2, 0) is 16.1 Å². The number of nitrogens with zero attached hydrogens (tertiary/aromatic N) is 1. The molecule has 1 atom stereocenters. The highest BCUT2D eigenvalue weighted by atomic mass is 35.5. The highest BCUT2D eigenvalue weighted by Gasteiger charge is 2.29. The minimum absolute atomic E-state index is 0.139. The summed E-state index contributed by atoms with van der Waals surface area (Å²) in [6, 6.07) is 11.1. The van der Waals surface area contributed by atoms with Crippen LogP contribution in [0.25, 0.3) is 0 Å². The molecule has 2 aromatic carbocycles. The first-order valence-corrected chi connectivity index (χ1v) is 11.5. The van der Waals surface area contributed by atoms with Gasteiger partial charge in [0, 0.05) is 18.1 Å². The van der Waals surface area contributed by atoms with Gasteiger partial charge in [-0.25, -0.2) is 0 Å². The van der Waals surface area contributed by atoms with Crippen molar-refractivity contribution in [2.45, 2.75) is 60.5 Å². The van der Waals surface area contributed by atoms with E-state index in [1.807, 2.05) is 77.9 Å². The maximum atomic E-state index is 13.3. The molecule has 0 aliphatic carbocycles. The summed E-state index contributed by atoms with van der Waals surface area (Å²) >= 11 is 6.24. The van der Waals surface area contributed by atoms with E-state index < -0.39 is 6.04 Å². The Kier molecular flexibility index (Phi) is 9.58. The fraction of sp³-hybridized carbons (Fsp3) is 0.462. The number of carbonyl (C=O) groups is 2. The number of hydrogen-bond acceptors (Lipinski definition) is 3. The van der Waals surface area contributed by atoms with Gasteiger partial charge in [-0.1, -0.05) is 62.2 Å². The van der Waals surface area contributed by atoms with Crippen LogP contribution in [0.15, 0.2) is 36.4 Å².